The van der Waals surface area contributed by atoms with Crippen molar-refractivity contribution in [3.05, 3.63) is 34.2 Å². The second-order valence-corrected chi connectivity index (χ2v) is 20.2. The summed E-state index contributed by atoms with van der Waals surface area (Å²) in [6, 6.07) is -0.511. The minimum atomic E-state index is -2.81. The van der Waals surface area contributed by atoms with E-state index in [0.29, 0.717) is 48.9 Å². The number of fused-ring (bicyclic) bond motifs is 4. The Kier molecular flexibility index (Phi) is 9.95. The summed E-state index contributed by atoms with van der Waals surface area (Å²) >= 11 is 0. The van der Waals surface area contributed by atoms with Crippen molar-refractivity contribution in [2.24, 2.45) is 11.8 Å². The number of pyridine rings is 1. The van der Waals surface area contributed by atoms with Gasteiger partial charge in [-0.05, 0) is 69.0 Å². The van der Waals surface area contributed by atoms with E-state index in [1.807, 2.05) is 38.0 Å². The molecule has 2 heterocycles. The predicted octanol–water partition coefficient (Wildman–Crippen LogP) is 6.78. The van der Waals surface area contributed by atoms with Crippen molar-refractivity contribution in [3.63, 3.8) is 0 Å². The molecule has 264 valence electrons. The van der Waals surface area contributed by atoms with Crippen LogP contribution >= 0.6 is 0 Å². The first kappa shape index (κ1) is 36.1. The minimum absolute atomic E-state index is 0.0855. The summed E-state index contributed by atoms with van der Waals surface area (Å²) < 4.78 is 25.3. The average Bonchev–Trinajstić information content (AvgIpc) is 3.41. The first-order valence-electron chi connectivity index (χ1n) is 17.4. The van der Waals surface area contributed by atoms with Crippen LogP contribution < -0.4 is 14.4 Å². The molecule has 2 aromatic rings. The molecule has 1 N–H and O–H groups in total. The van der Waals surface area contributed by atoms with Crippen LogP contribution in [0.15, 0.2) is 16.3 Å². The maximum atomic E-state index is 15.5. The zero-order valence-corrected chi connectivity index (χ0v) is 31.7. The summed E-state index contributed by atoms with van der Waals surface area (Å²) in [5.74, 6) is -0.568. The summed E-state index contributed by atoms with van der Waals surface area (Å²) in [6.45, 7) is 15.3. The fourth-order valence-electron chi connectivity index (χ4n) is 7.23. The molecule has 0 aliphatic heterocycles. The van der Waals surface area contributed by atoms with E-state index >= 15 is 9.59 Å². The quantitative estimate of drug-likeness (QED) is 0.145. The summed E-state index contributed by atoms with van der Waals surface area (Å²) in [7, 11) is 4.84. The van der Waals surface area contributed by atoms with Gasteiger partial charge in [0.05, 0.1) is 31.0 Å². The summed E-state index contributed by atoms with van der Waals surface area (Å²) in [6.07, 6.45) is 5.91. The van der Waals surface area contributed by atoms with Crippen LogP contribution in [0.4, 0.5) is 5.82 Å². The van der Waals surface area contributed by atoms with Gasteiger partial charge >= 0.3 is 0 Å². The van der Waals surface area contributed by atoms with Gasteiger partial charge in [-0.2, -0.15) is 0 Å². The molecule has 0 spiro atoms. The fourth-order valence-corrected chi connectivity index (χ4v) is 8.68. The van der Waals surface area contributed by atoms with Crippen molar-refractivity contribution < 1.29 is 33.1 Å². The Balaban J connectivity index is 1.78. The van der Waals surface area contributed by atoms with E-state index in [9.17, 15) is 5.11 Å². The van der Waals surface area contributed by atoms with Crippen molar-refractivity contribution in [2.45, 2.75) is 103 Å². The van der Waals surface area contributed by atoms with E-state index in [0.717, 1.165) is 31.2 Å². The lowest BCUT2D eigenvalue weighted by Gasteiger charge is -2.55. The third-order valence-corrected chi connectivity index (χ3v) is 15.2. The van der Waals surface area contributed by atoms with Crippen molar-refractivity contribution in [2.75, 3.05) is 46.3 Å². The maximum absolute atomic E-state index is 15.5. The number of Topliss-reactive ketones (excluding diaryl/α,β-unsaturated/α-hetero) is 2. The molecule has 0 amide bonds. The number of unbranched alkanes of at least 4 members (excludes halogenated alkanes) is 2. The Morgan fingerprint density at radius 1 is 1.02 bits per heavy atom. The van der Waals surface area contributed by atoms with Crippen molar-refractivity contribution in [1.82, 2.24) is 15.0 Å². The van der Waals surface area contributed by atoms with Crippen LogP contribution in [0.5, 0.6) is 11.6 Å². The number of aromatic nitrogens is 2. The predicted molar refractivity (Wildman–Crippen MR) is 188 cm³/mol. The Labute approximate surface area is 286 Å². The van der Waals surface area contributed by atoms with Crippen LogP contribution in [0.3, 0.4) is 0 Å². The maximum Gasteiger partial charge on any atom is 0.265 e. The van der Waals surface area contributed by atoms with Crippen molar-refractivity contribution in [1.29, 1.82) is 0 Å². The van der Waals surface area contributed by atoms with Crippen molar-refractivity contribution in [3.8, 4) is 11.6 Å². The SMILES string of the molecule is CCCCOc1cnc(N(C)C)c2c1C(O)=C1C(=O)[C@]3(O[Si](C)(C)C(C)(C)C)C(=O)c4c(OCCCC)noc4[C@@H](N(C)C)[C@@H]3C[C@@H]1C2. The van der Waals surface area contributed by atoms with E-state index in [1.54, 1.807) is 6.20 Å². The van der Waals surface area contributed by atoms with Gasteiger partial charge in [0.1, 0.15) is 22.9 Å². The number of aliphatic hydroxyl groups excluding tert-OH is 1. The number of carbonyl (C=O) groups excluding carboxylic acids is 2. The third-order valence-electron chi connectivity index (χ3n) is 10.7. The van der Waals surface area contributed by atoms with E-state index < -0.39 is 43.4 Å². The van der Waals surface area contributed by atoms with Gasteiger partial charge in [0.2, 0.25) is 11.6 Å². The molecule has 3 aliphatic carbocycles. The molecule has 5 rings (SSSR count). The highest BCUT2D eigenvalue weighted by Gasteiger charge is 2.69. The van der Waals surface area contributed by atoms with Gasteiger partial charge < -0.3 is 28.4 Å². The highest BCUT2D eigenvalue weighted by molar-refractivity contribution is 6.74. The lowest BCUT2D eigenvalue weighted by Crippen LogP contribution is -2.68. The van der Waals surface area contributed by atoms with Gasteiger partial charge in [-0.3, -0.25) is 14.5 Å². The standard InChI is InChI=1S/C36H54N4O7Si/c1-12-14-16-44-24-20-37-33(40(8)9)22-18-21-19-23-28(39(6)7)30-27(34(38-46-30)45-17-15-13-2)32(43)36(23,47-48(10,11)35(3,4)5)31(42)25(21)29(41)26(22)24/h20-21,23,28,41H,12-19H2,1-11H3/t21-,23-,28-,36-/m0/s1. The molecular formula is C36H54N4O7Si. The van der Waals surface area contributed by atoms with E-state index in [1.165, 1.54) is 0 Å². The van der Waals surface area contributed by atoms with Gasteiger partial charge in [0, 0.05) is 31.1 Å². The largest absolute Gasteiger partial charge is 0.507 e. The van der Waals surface area contributed by atoms with Crippen molar-refractivity contribution >= 4 is 31.5 Å². The summed E-state index contributed by atoms with van der Waals surface area (Å²) in [4.78, 5) is 39.3. The van der Waals surface area contributed by atoms with Gasteiger partial charge in [-0.1, -0.05) is 47.5 Å². The number of hydrogen-bond donors (Lipinski definition) is 1. The molecule has 3 aliphatic rings. The number of carbonyl (C=O) groups is 2. The molecule has 2 aromatic heterocycles. The van der Waals surface area contributed by atoms with E-state index in [-0.39, 0.29) is 27.8 Å². The highest BCUT2D eigenvalue weighted by atomic mass is 28.4. The lowest BCUT2D eigenvalue weighted by atomic mass is 9.57. The van der Waals surface area contributed by atoms with E-state index in [2.05, 4.69) is 52.9 Å². The van der Waals surface area contributed by atoms with Crippen LogP contribution in [0.2, 0.25) is 18.1 Å². The molecular weight excluding hydrogens is 629 g/mol. The second kappa shape index (κ2) is 13.2. The van der Waals surface area contributed by atoms with Crippen LogP contribution in [0.1, 0.15) is 100 Å². The van der Waals surface area contributed by atoms with Crippen LogP contribution in [-0.2, 0) is 15.6 Å². The number of rotatable bonds is 12. The smallest absolute Gasteiger partial charge is 0.265 e. The molecule has 0 radical (unpaired) electrons. The molecule has 0 bridgehead atoms. The van der Waals surface area contributed by atoms with Gasteiger partial charge in [-0.15, -0.1) is 0 Å². The Hall–Kier alpha value is -3.22. The Bertz CT molecular complexity index is 1590. The molecule has 1 fully saturated rings. The topological polar surface area (TPSA) is 127 Å². The third kappa shape index (κ3) is 5.77. The summed E-state index contributed by atoms with van der Waals surface area (Å²) in [5.41, 5.74) is -0.260. The number of nitrogens with zero attached hydrogens (tertiary/aromatic N) is 4. The van der Waals surface area contributed by atoms with Crippen LogP contribution in [-0.4, -0.2) is 87.0 Å². The lowest BCUT2D eigenvalue weighted by molar-refractivity contribution is -0.140. The normalized spacial score (nSPS) is 23.9. The molecule has 0 unspecified atom stereocenters. The molecule has 4 atom stereocenters. The molecule has 11 nitrogen and oxygen atoms in total. The zero-order chi connectivity index (χ0) is 35.3. The zero-order valence-electron chi connectivity index (χ0n) is 30.7. The number of ether oxygens (including phenoxy) is 2. The van der Waals surface area contributed by atoms with E-state index in [4.69, 9.17) is 23.4 Å². The molecule has 0 saturated heterocycles. The summed E-state index contributed by atoms with van der Waals surface area (Å²) in [5, 5.41) is 16.2. The minimum Gasteiger partial charge on any atom is -0.507 e. The first-order chi connectivity index (χ1) is 22.5. The number of ketones is 2. The number of anilines is 1. The molecule has 12 heteroatoms. The van der Waals surface area contributed by atoms with Gasteiger partial charge in [-0.25, -0.2) is 4.98 Å². The monoisotopic (exact) mass is 682 g/mol. The van der Waals surface area contributed by atoms with Gasteiger partial charge in [0.15, 0.2) is 19.7 Å². The Morgan fingerprint density at radius 2 is 1.67 bits per heavy atom. The molecule has 48 heavy (non-hydrogen) atoms. The number of hydrogen-bond acceptors (Lipinski definition) is 11. The molecule has 0 aromatic carbocycles. The number of aliphatic hydroxyl groups is 1. The Morgan fingerprint density at radius 3 is 2.25 bits per heavy atom. The second-order valence-electron chi connectivity index (χ2n) is 15.5. The first-order valence-corrected chi connectivity index (χ1v) is 20.3. The molecule has 1 saturated carbocycles. The van der Waals surface area contributed by atoms with Crippen LogP contribution in [0, 0.1) is 11.8 Å². The van der Waals surface area contributed by atoms with Gasteiger partial charge in [0.25, 0.3) is 5.88 Å². The fraction of sp³-hybridized carbons (Fsp3) is 0.667. The highest BCUT2D eigenvalue weighted by Crippen LogP contribution is 2.59. The average molecular weight is 683 g/mol. The van der Waals surface area contributed by atoms with Crippen LogP contribution in [0.25, 0.3) is 5.76 Å².